The van der Waals surface area contributed by atoms with Crippen LogP contribution < -0.4 is 5.32 Å². The van der Waals surface area contributed by atoms with Gasteiger partial charge in [-0.3, -0.25) is 0 Å². The zero-order valence-corrected chi connectivity index (χ0v) is 11.2. The number of aromatic nitrogens is 1. The fourth-order valence-electron chi connectivity index (χ4n) is 1.70. The van der Waals surface area contributed by atoms with E-state index in [2.05, 4.69) is 24.1 Å². The second-order valence-corrected chi connectivity index (χ2v) is 5.13. The van der Waals surface area contributed by atoms with Crippen molar-refractivity contribution in [3.8, 4) is 0 Å². The normalized spacial score (nSPS) is 13.8. The average Bonchev–Trinajstić information content (AvgIpc) is 2.18. The van der Waals surface area contributed by atoms with Gasteiger partial charge in [-0.1, -0.05) is 25.4 Å². The van der Waals surface area contributed by atoms with Gasteiger partial charge in [0.1, 0.15) is 5.82 Å². The van der Waals surface area contributed by atoms with Gasteiger partial charge in [0.2, 0.25) is 0 Å². The van der Waals surface area contributed by atoms with Crippen molar-refractivity contribution in [3.63, 3.8) is 0 Å². The summed E-state index contributed by atoms with van der Waals surface area (Å²) in [6.07, 6.45) is -2.74. The van der Waals surface area contributed by atoms with Crippen molar-refractivity contribution in [3.05, 3.63) is 22.8 Å². The molecule has 1 aromatic heterocycles. The number of pyridine rings is 1. The second-order valence-electron chi connectivity index (χ2n) is 4.73. The van der Waals surface area contributed by atoms with Crippen molar-refractivity contribution in [2.24, 2.45) is 5.92 Å². The molecule has 1 heterocycles. The fourth-order valence-corrected chi connectivity index (χ4v) is 1.92. The van der Waals surface area contributed by atoms with Crippen LogP contribution in [-0.4, -0.2) is 11.0 Å². The smallest absolute Gasteiger partial charge is 0.366 e. The minimum Gasteiger partial charge on any atom is -0.366 e. The summed E-state index contributed by atoms with van der Waals surface area (Å²) >= 11 is 5.79. The molecule has 1 atom stereocenters. The van der Waals surface area contributed by atoms with Gasteiger partial charge in [-0.05, 0) is 25.3 Å². The molecule has 0 saturated heterocycles. The molecule has 6 heteroatoms. The van der Waals surface area contributed by atoms with E-state index in [1.54, 1.807) is 0 Å². The number of halogens is 4. The molecule has 0 aliphatic carbocycles. The quantitative estimate of drug-likeness (QED) is 0.872. The van der Waals surface area contributed by atoms with Gasteiger partial charge in [-0.2, -0.15) is 13.2 Å². The van der Waals surface area contributed by atoms with E-state index in [1.165, 1.54) is 0 Å². The van der Waals surface area contributed by atoms with Crippen LogP contribution in [0.3, 0.4) is 0 Å². The Kier molecular flexibility index (Phi) is 4.85. The predicted octanol–water partition coefficient (Wildman–Crippen LogP) is 4.60. The molecule has 0 amide bonds. The van der Waals surface area contributed by atoms with Crippen molar-refractivity contribution in [2.75, 3.05) is 5.32 Å². The number of rotatable bonds is 4. The third kappa shape index (κ3) is 4.37. The first kappa shape index (κ1) is 15.1. The van der Waals surface area contributed by atoms with E-state index in [4.69, 9.17) is 11.6 Å². The minimum absolute atomic E-state index is 0.0135. The van der Waals surface area contributed by atoms with Crippen LogP contribution >= 0.6 is 11.6 Å². The molecular weight excluding hydrogens is 265 g/mol. The van der Waals surface area contributed by atoms with Gasteiger partial charge in [0.25, 0.3) is 0 Å². The van der Waals surface area contributed by atoms with Crippen molar-refractivity contribution < 1.29 is 13.2 Å². The lowest BCUT2D eigenvalue weighted by atomic mass is 10.1. The van der Waals surface area contributed by atoms with Crippen molar-refractivity contribution in [1.29, 1.82) is 0 Å². The topological polar surface area (TPSA) is 24.9 Å². The van der Waals surface area contributed by atoms with Crippen LogP contribution in [-0.2, 0) is 6.18 Å². The van der Waals surface area contributed by atoms with Crippen LogP contribution in [0.2, 0.25) is 5.02 Å². The molecule has 2 nitrogen and oxygen atoms in total. The molecule has 1 rings (SSSR count). The maximum Gasteiger partial charge on any atom is 0.417 e. The Balaban J connectivity index is 2.80. The molecule has 0 spiro atoms. The maximum absolute atomic E-state index is 12.4. The van der Waals surface area contributed by atoms with E-state index in [1.807, 2.05) is 6.92 Å². The van der Waals surface area contributed by atoms with Gasteiger partial charge in [-0.15, -0.1) is 0 Å². The highest BCUT2D eigenvalue weighted by molar-refractivity contribution is 6.32. The summed E-state index contributed by atoms with van der Waals surface area (Å²) in [5.74, 6) is 0.776. The van der Waals surface area contributed by atoms with Crippen molar-refractivity contribution in [2.45, 2.75) is 39.4 Å². The largest absolute Gasteiger partial charge is 0.417 e. The standard InChI is InChI=1S/C12H16ClF3N2/c1-7(2)4-8(3)18-11-10(13)5-9(6-17-11)12(14,15)16/h5-8H,4H2,1-3H3,(H,17,18). The van der Waals surface area contributed by atoms with E-state index in [-0.39, 0.29) is 16.9 Å². The highest BCUT2D eigenvalue weighted by Gasteiger charge is 2.31. The van der Waals surface area contributed by atoms with Crippen LogP contribution in [0.15, 0.2) is 12.3 Å². The summed E-state index contributed by atoms with van der Waals surface area (Å²) in [4.78, 5) is 3.73. The van der Waals surface area contributed by atoms with Crippen LogP contribution in [0.25, 0.3) is 0 Å². The molecule has 0 aliphatic heterocycles. The second kappa shape index (κ2) is 5.78. The van der Waals surface area contributed by atoms with E-state index >= 15 is 0 Å². The highest BCUT2D eigenvalue weighted by atomic mass is 35.5. The Morgan fingerprint density at radius 1 is 1.33 bits per heavy atom. The van der Waals surface area contributed by atoms with E-state index in [9.17, 15) is 13.2 Å². The zero-order chi connectivity index (χ0) is 13.9. The van der Waals surface area contributed by atoms with Gasteiger partial charge in [0.05, 0.1) is 10.6 Å². The Bertz CT molecular complexity index is 405. The minimum atomic E-state index is -4.42. The van der Waals surface area contributed by atoms with Gasteiger partial charge < -0.3 is 5.32 Å². The molecule has 0 bridgehead atoms. The van der Waals surface area contributed by atoms with E-state index < -0.39 is 11.7 Å². The number of hydrogen-bond donors (Lipinski definition) is 1. The van der Waals surface area contributed by atoms with Crippen LogP contribution in [0, 0.1) is 5.92 Å². The molecule has 0 fully saturated rings. The van der Waals surface area contributed by atoms with E-state index in [0.717, 1.165) is 18.7 Å². The Morgan fingerprint density at radius 2 is 1.94 bits per heavy atom. The predicted molar refractivity (Wildman–Crippen MR) is 66.8 cm³/mol. The molecule has 0 aliphatic rings. The number of nitrogens with one attached hydrogen (secondary N) is 1. The van der Waals surface area contributed by atoms with Crippen molar-refractivity contribution >= 4 is 17.4 Å². The lowest BCUT2D eigenvalue weighted by Crippen LogP contribution is -2.19. The van der Waals surface area contributed by atoms with Crippen LogP contribution in [0.1, 0.15) is 32.8 Å². The Morgan fingerprint density at radius 3 is 2.39 bits per heavy atom. The fraction of sp³-hybridized carbons (Fsp3) is 0.583. The molecule has 0 saturated carbocycles. The Labute approximate surface area is 110 Å². The molecule has 18 heavy (non-hydrogen) atoms. The lowest BCUT2D eigenvalue weighted by Gasteiger charge is -2.18. The van der Waals surface area contributed by atoms with Crippen LogP contribution in [0.4, 0.5) is 19.0 Å². The third-order valence-corrected chi connectivity index (χ3v) is 2.66. The third-order valence-electron chi connectivity index (χ3n) is 2.38. The highest BCUT2D eigenvalue weighted by Crippen LogP contribution is 2.32. The number of nitrogens with zero attached hydrogens (tertiary/aromatic N) is 1. The van der Waals surface area contributed by atoms with Crippen molar-refractivity contribution in [1.82, 2.24) is 4.98 Å². The molecule has 0 radical (unpaired) electrons. The van der Waals surface area contributed by atoms with Gasteiger partial charge in [0.15, 0.2) is 0 Å². The zero-order valence-electron chi connectivity index (χ0n) is 10.5. The SMILES string of the molecule is CC(C)CC(C)Nc1ncc(C(F)(F)F)cc1Cl. The summed E-state index contributed by atoms with van der Waals surface area (Å²) < 4.78 is 37.2. The van der Waals surface area contributed by atoms with Crippen LogP contribution in [0.5, 0.6) is 0 Å². The first-order valence-electron chi connectivity index (χ1n) is 5.69. The first-order valence-corrected chi connectivity index (χ1v) is 6.07. The first-order chi connectivity index (χ1) is 8.20. The van der Waals surface area contributed by atoms with Gasteiger partial charge in [-0.25, -0.2) is 4.98 Å². The molecule has 1 unspecified atom stereocenters. The Hall–Kier alpha value is -0.970. The molecule has 102 valence electrons. The number of hydrogen-bond acceptors (Lipinski definition) is 2. The monoisotopic (exact) mass is 280 g/mol. The maximum atomic E-state index is 12.4. The lowest BCUT2D eigenvalue weighted by molar-refractivity contribution is -0.137. The summed E-state index contributed by atoms with van der Waals surface area (Å²) in [6, 6.07) is 0.991. The van der Waals surface area contributed by atoms with Gasteiger partial charge >= 0.3 is 6.18 Å². The number of anilines is 1. The summed E-state index contributed by atoms with van der Waals surface area (Å²) in [6.45, 7) is 6.08. The van der Waals surface area contributed by atoms with E-state index in [0.29, 0.717) is 5.92 Å². The summed E-state index contributed by atoms with van der Waals surface area (Å²) in [5.41, 5.74) is -0.838. The molecule has 1 aromatic rings. The average molecular weight is 281 g/mol. The summed E-state index contributed by atoms with van der Waals surface area (Å²) in [5, 5.41) is 3.00. The number of alkyl halides is 3. The summed E-state index contributed by atoms with van der Waals surface area (Å²) in [7, 11) is 0. The molecule has 0 aromatic carbocycles. The molecular formula is C12H16ClF3N2. The van der Waals surface area contributed by atoms with Gasteiger partial charge in [0, 0.05) is 12.2 Å². The molecule has 1 N–H and O–H groups in total.